The summed E-state index contributed by atoms with van der Waals surface area (Å²) in [6, 6.07) is 0.778. The molecule has 1 saturated heterocycles. The second-order valence-electron chi connectivity index (χ2n) is 7.16. The van der Waals surface area contributed by atoms with Gasteiger partial charge < -0.3 is 5.32 Å². The Morgan fingerprint density at radius 2 is 1.35 bits per heavy atom. The molecular weight excluding hydrogens is 284 g/mol. The van der Waals surface area contributed by atoms with Crippen LogP contribution in [-0.4, -0.2) is 29.2 Å². The van der Waals surface area contributed by atoms with Crippen molar-refractivity contribution in [1.29, 1.82) is 0 Å². The van der Waals surface area contributed by atoms with Crippen molar-refractivity contribution in [2.24, 2.45) is 15.0 Å². The summed E-state index contributed by atoms with van der Waals surface area (Å²) >= 11 is 0. The van der Waals surface area contributed by atoms with Crippen LogP contribution in [0.15, 0.2) is 50.3 Å². The Balaban J connectivity index is 1.55. The monoisotopic (exact) mass is 306 g/mol. The van der Waals surface area contributed by atoms with E-state index in [1.807, 2.05) is 0 Å². The summed E-state index contributed by atoms with van der Waals surface area (Å²) in [5.74, 6) is 0. The molecule has 0 aliphatic carbocycles. The minimum absolute atomic E-state index is 0.387. The lowest BCUT2D eigenvalue weighted by Gasteiger charge is -2.11. The van der Waals surface area contributed by atoms with Crippen molar-refractivity contribution < 1.29 is 0 Å². The summed E-state index contributed by atoms with van der Waals surface area (Å²) in [6.07, 6.45) is 15.6. The van der Waals surface area contributed by atoms with Gasteiger partial charge in [0.2, 0.25) is 0 Å². The van der Waals surface area contributed by atoms with Gasteiger partial charge in [-0.05, 0) is 69.6 Å². The molecule has 0 aromatic carbocycles. The Bertz CT molecular complexity index is 732. The predicted octanol–water partition coefficient (Wildman–Crippen LogP) is 3.48. The van der Waals surface area contributed by atoms with Crippen molar-refractivity contribution in [2.75, 3.05) is 0 Å². The van der Waals surface area contributed by atoms with Gasteiger partial charge in [-0.3, -0.25) is 15.0 Å². The molecule has 2 atom stereocenters. The summed E-state index contributed by atoms with van der Waals surface area (Å²) in [5, 5.41) is 3.57. The smallest absolute Gasteiger partial charge is 0.0730 e. The number of nitrogens with zero attached hydrogens (tertiary/aromatic N) is 3. The molecule has 0 saturated carbocycles. The average molecular weight is 306 g/mol. The third-order valence-electron chi connectivity index (χ3n) is 5.42. The molecule has 0 aromatic rings. The third kappa shape index (κ3) is 2.60. The number of hydrogen-bond donors (Lipinski definition) is 1. The summed E-state index contributed by atoms with van der Waals surface area (Å²) in [6.45, 7) is 0. The summed E-state index contributed by atoms with van der Waals surface area (Å²) < 4.78 is 0. The summed E-state index contributed by atoms with van der Waals surface area (Å²) in [7, 11) is 0. The van der Waals surface area contributed by atoms with E-state index < -0.39 is 0 Å². The van der Waals surface area contributed by atoms with E-state index >= 15 is 0 Å². The zero-order valence-corrected chi connectivity index (χ0v) is 13.4. The molecule has 1 fully saturated rings. The Morgan fingerprint density at radius 3 is 2.09 bits per heavy atom. The lowest BCUT2D eigenvalue weighted by atomic mass is 10.0. The van der Waals surface area contributed by atoms with Crippen molar-refractivity contribution >= 4 is 17.1 Å². The van der Waals surface area contributed by atoms with Crippen LogP contribution in [0.3, 0.4) is 0 Å². The zero-order valence-electron chi connectivity index (χ0n) is 13.4. The van der Waals surface area contributed by atoms with Crippen LogP contribution in [0.1, 0.15) is 51.4 Å². The highest BCUT2D eigenvalue weighted by Gasteiger charge is 2.29. The minimum Gasteiger partial charge on any atom is -0.362 e. The number of rotatable bonds is 0. The molecule has 4 nitrogen and oxygen atoms in total. The van der Waals surface area contributed by atoms with E-state index in [0.29, 0.717) is 12.1 Å². The standard InChI is InChI=1S/C19H22N4/c1-3-14-10-16-5-7-18(22-16)19-8-6-17(23-19)11-15-4-2-13(21-15)9-12(1)20-14/h9-11,18-20H,1-8H2/t18-,19-/m1/s1. The molecular formula is C19H22N4. The number of nitrogens with one attached hydrogen (secondary N) is 1. The summed E-state index contributed by atoms with van der Waals surface area (Å²) in [4.78, 5) is 14.7. The molecule has 0 amide bonds. The first-order valence-electron chi connectivity index (χ1n) is 8.91. The van der Waals surface area contributed by atoms with Crippen LogP contribution in [0, 0.1) is 0 Å². The third-order valence-corrected chi connectivity index (χ3v) is 5.42. The van der Waals surface area contributed by atoms with Crippen LogP contribution in [-0.2, 0) is 0 Å². The number of aliphatic imine (C=N–C) groups is 3. The Hall–Kier alpha value is -1.97. The van der Waals surface area contributed by atoms with Crippen molar-refractivity contribution in [3.8, 4) is 0 Å². The van der Waals surface area contributed by atoms with Gasteiger partial charge in [-0.1, -0.05) is 0 Å². The fourth-order valence-corrected chi connectivity index (χ4v) is 4.22. The highest BCUT2D eigenvalue weighted by atomic mass is 15.0. The van der Waals surface area contributed by atoms with Gasteiger partial charge in [-0.25, -0.2) is 0 Å². The van der Waals surface area contributed by atoms with Gasteiger partial charge in [0.25, 0.3) is 0 Å². The van der Waals surface area contributed by atoms with Gasteiger partial charge in [0.1, 0.15) is 0 Å². The zero-order chi connectivity index (χ0) is 15.2. The SMILES string of the molecule is C1=C2CCC(=N2)C=C2CCC(=CC3=N[C@H](CC3)[C@H]3CCC1=N3)N2. The fraction of sp³-hybridized carbons (Fsp3) is 0.526. The first-order chi connectivity index (χ1) is 11.3. The van der Waals surface area contributed by atoms with Gasteiger partial charge in [-0.2, -0.15) is 0 Å². The Morgan fingerprint density at radius 1 is 0.696 bits per heavy atom. The molecule has 5 heterocycles. The van der Waals surface area contributed by atoms with Crippen LogP contribution in [0.4, 0.5) is 0 Å². The van der Waals surface area contributed by atoms with Crippen LogP contribution >= 0.6 is 0 Å². The first kappa shape index (κ1) is 13.5. The molecule has 23 heavy (non-hydrogen) atoms. The lowest BCUT2D eigenvalue weighted by molar-refractivity contribution is 0.527. The number of hydrogen-bond acceptors (Lipinski definition) is 4. The molecule has 0 radical (unpaired) electrons. The highest BCUT2D eigenvalue weighted by molar-refractivity contribution is 6.01. The first-order valence-corrected chi connectivity index (χ1v) is 8.91. The van der Waals surface area contributed by atoms with Crippen LogP contribution in [0.25, 0.3) is 0 Å². The van der Waals surface area contributed by atoms with E-state index in [-0.39, 0.29) is 0 Å². The maximum atomic E-state index is 4.97. The second-order valence-corrected chi connectivity index (χ2v) is 7.16. The topological polar surface area (TPSA) is 49.1 Å². The molecule has 5 rings (SSSR count). The molecule has 8 bridgehead atoms. The molecule has 0 spiro atoms. The van der Waals surface area contributed by atoms with Crippen molar-refractivity contribution in [3.05, 3.63) is 35.3 Å². The number of fused-ring (bicyclic) bond motifs is 6. The molecule has 5 aliphatic heterocycles. The van der Waals surface area contributed by atoms with Crippen LogP contribution < -0.4 is 5.32 Å². The van der Waals surface area contributed by atoms with E-state index in [4.69, 9.17) is 15.0 Å². The molecule has 118 valence electrons. The largest absolute Gasteiger partial charge is 0.362 e. The minimum atomic E-state index is 0.387. The van der Waals surface area contributed by atoms with E-state index in [2.05, 4.69) is 23.5 Å². The Kier molecular flexibility index (Phi) is 3.10. The van der Waals surface area contributed by atoms with Crippen molar-refractivity contribution in [2.45, 2.75) is 63.5 Å². The van der Waals surface area contributed by atoms with E-state index in [9.17, 15) is 0 Å². The summed E-state index contributed by atoms with van der Waals surface area (Å²) in [5.41, 5.74) is 7.53. The lowest BCUT2D eigenvalue weighted by Crippen LogP contribution is -2.17. The van der Waals surface area contributed by atoms with Crippen molar-refractivity contribution in [3.63, 3.8) is 0 Å². The second kappa shape index (κ2) is 5.29. The van der Waals surface area contributed by atoms with Gasteiger partial charge in [0.05, 0.1) is 12.1 Å². The van der Waals surface area contributed by atoms with E-state index in [1.54, 1.807) is 0 Å². The van der Waals surface area contributed by atoms with Crippen molar-refractivity contribution in [1.82, 2.24) is 5.32 Å². The van der Waals surface area contributed by atoms with Crippen LogP contribution in [0.2, 0.25) is 0 Å². The number of allylic oxidation sites excluding steroid dienone is 6. The van der Waals surface area contributed by atoms with Gasteiger partial charge in [-0.15, -0.1) is 0 Å². The average Bonchev–Trinajstić information content (AvgIpc) is 3.28. The molecule has 5 aliphatic rings. The molecule has 1 N–H and O–H groups in total. The van der Waals surface area contributed by atoms with Crippen LogP contribution in [0.5, 0.6) is 0 Å². The molecule has 0 aromatic heterocycles. The van der Waals surface area contributed by atoms with Gasteiger partial charge in [0, 0.05) is 34.2 Å². The Labute approximate surface area is 136 Å². The van der Waals surface area contributed by atoms with Gasteiger partial charge in [0.15, 0.2) is 0 Å². The van der Waals surface area contributed by atoms with E-state index in [1.165, 1.54) is 34.2 Å². The predicted molar refractivity (Wildman–Crippen MR) is 94.2 cm³/mol. The maximum Gasteiger partial charge on any atom is 0.0730 e. The normalized spacial score (nSPS) is 32.0. The maximum absolute atomic E-state index is 4.97. The highest BCUT2D eigenvalue weighted by Crippen LogP contribution is 2.30. The van der Waals surface area contributed by atoms with Gasteiger partial charge >= 0.3 is 0 Å². The fourth-order valence-electron chi connectivity index (χ4n) is 4.22. The quantitative estimate of drug-likeness (QED) is 0.732. The molecule has 4 heteroatoms. The molecule has 0 unspecified atom stereocenters. The van der Waals surface area contributed by atoms with E-state index in [0.717, 1.165) is 51.4 Å².